The topological polar surface area (TPSA) is 57.5 Å². The minimum Gasteiger partial charge on any atom is -0.515 e. The molecule has 16 heavy (non-hydrogen) atoms. The van der Waals surface area contributed by atoms with Gasteiger partial charge in [0.05, 0.1) is 12.3 Å². The molecule has 2 N–H and O–H groups in total. The zero-order chi connectivity index (χ0) is 11.5. The highest BCUT2D eigenvalue weighted by atomic mass is 16.4. The summed E-state index contributed by atoms with van der Waals surface area (Å²) in [5, 5.41) is 15.3. The quantitative estimate of drug-likeness (QED) is 0.531. The summed E-state index contributed by atoms with van der Waals surface area (Å²) in [6, 6.07) is 0. The van der Waals surface area contributed by atoms with Gasteiger partial charge in [0.2, 0.25) is 0 Å². The van der Waals surface area contributed by atoms with Crippen molar-refractivity contribution in [2.75, 3.05) is 0 Å². The number of carbonyl (C=O) groups is 1. The fourth-order valence-corrected chi connectivity index (χ4v) is 4.05. The van der Waals surface area contributed by atoms with Crippen molar-refractivity contribution in [2.45, 2.75) is 38.5 Å². The second kappa shape index (κ2) is 4.89. The second-order valence-corrected chi connectivity index (χ2v) is 5.53. The van der Waals surface area contributed by atoms with Crippen LogP contribution in [0, 0.1) is 23.7 Å². The van der Waals surface area contributed by atoms with Crippen molar-refractivity contribution < 1.29 is 15.0 Å². The summed E-state index contributed by atoms with van der Waals surface area (Å²) in [5.74, 6) is 3.57. The van der Waals surface area contributed by atoms with Crippen LogP contribution in [0.2, 0.25) is 0 Å². The van der Waals surface area contributed by atoms with Crippen molar-refractivity contribution >= 4 is 5.97 Å². The third kappa shape index (κ3) is 2.77. The first-order chi connectivity index (χ1) is 7.67. The number of aliphatic hydroxyl groups is 1. The molecule has 0 radical (unpaired) electrons. The van der Waals surface area contributed by atoms with Gasteiger partial charge in [-0.05, 0) is 62.2 Å². The molecule has 0 aromatic rings. The SMILES string of the molecule is C1C2CC3CC1CC(C2)C3.O=C(O)C=CO. The smallest absolute Gasteiger partial charge is 0.331 e. The van der Waals surface area contributed by atoms with Crippen molar-refractivity contribution in [3.63, 3.8) is 0 Å². The highest BCUT2D eigenvalue weighted by molar-refractivity contribution is 5.79. The molecule has 0 aromatic heterocycles. The number of carboxylic acid groups (broad SMARTS) is 1. The first kappa shape index (κ1) is 11.5. The summed E-state index contributed by atoms with van der Waals surface area (Å²) in [7, 11) is 0. The lowest BCUT2D eigenvalue weighted by atomic mass is 9.56. The van der Waals surface area contributed by atoms with Crippen LogP contribution in [0.1, 0.15) is 38.5 Å². The summed E-state index contributed by atoms with van der Waals surface area (Å²) in [6.45, 7) is 0. The Morgan fingerprint density at radius 3 is 1.31 bits per heavy atom. The summed E-state index contributed by atoms with van der Waals surface area (Å²) in [5.41, 5.74) is 0. The minimum atomic E-state index is -1.14. The fourth-order valence-electron chi connectivity index (χ4n) is 4.05. The van der Waals surface area contributed by atoms with E-state index in [1.165, 1.54) is 23.7 Å². The number of carboxylic acids is 1. The third-order valence-electron chi connectivity index (χ3n) is 4.22. The van der Waals surface area contributed by atoms with E-state index in [0.29, 0.717) is 12.3 Å². The van der Waals surface area contributed by atoms with Crippen LogP contribution in [-0.4, -0.2) is 16.2 Å². The molecule has 0 spiro atoms. The standard InChI is InChI=1S/C10H16.C3H4O3/c1-7-2-9-4-8(1)5-10(3-7)6-9;4-2-1-3(5)6/h7-10H,1-6H2;1-2,4H,(H,5,6). The van der Waals surface area contributed by atoms with Crippen LogP contribution in [0.15, 0.2) is 12.3 Å². The van der Waals surface area contributed by atoms with Crippen LogP contribution in [0.4, 0.5) is 0 Å². The molecule has 0 heterocycles. The van der Waals surface area contributed by atoms with E-state index < -0.39 is 5.97 Å². The Bertz CT molecular complexity index is 226. The van der Waals surface area contributed by atoms with Crippen molar-refractivity contribution in [3.05, 3.63) is 12.3 Å². The molecule has 90 valence electrons. The molecule has 0 aliphatic heterocycles. The van der Waals surface area contributed by atoms with Crippen LogP contribution in [0.3, 0.4) is 0 Å². The van der Waals surface area contributed by atoms with E-state index in [9.17, 15) is 4.79 Å². The molecule has 4 fully saturated rings. The number of rotatable bonds is 1. The van der Waals surface area contributed by atoms with E-state index >= 15 is 0 Å². The molecule has 4 aliphatic rings. The maximum absolute atomic E-state index is 9.35. The normalized spacial score (nSPS) is 39.5. The Labute approximate surface area is 96.2 Å². The monoisotopic (exact) mass is 224 g/mol. The van der Waals surface area contributed by atoms with Gasteiger partial charge in [0.25, 0.3) is 0 Å². The number of hydrogen-bond donors (Lipinski definition) is 2. The first-order valence-electron chi connectivity index (χ1n) is 6.21. The van der Waals surface area contributed by atoms with Crippen LogP contribution >= 0.6 is 0 Å². The van der Waals surface area contributed by atoms with E-state index in [1.807, 2.05) is 0 Å². The Morgan fingerprint density at radius 1 is 0.875 bits per heavy atom. The molecule has 4 saturated carbocycles. The molecule has 3 nitrogen and oxygen atoms in total. The number of aliphatic carboxylic acids is 1. The Kier molecular flexibility index (Phi) is 3.52. The largest absolute Gasteiger partial charge is 0.515 e. The fraction of sp³-hybridized carbons (Fsp3) is 0.769. The van der Waals surface area contributed by atoms with Crippen LogP contribution in [0.25, 0.3) is 0 Å². The van der Waals surface area contributed by atoms with Gasteiger partial charge in [0, 0.05) is 0 Å². The number of aliphatic hydroxyl groups excluding tert-OH is 1. The first-order valence-corrected chi connectivity index (χ1v) is 6.21. The molecular weight excluding hydrogens is 204 g/mol. The van der Waals surface area contributed by atoms with Crippen molar-refractivity contribution in [2.24, 2.45) is 23.7 Å². The van der Waals surface area contributed by atoms with E-state index in [2.05, 4.69) is 0 Å². The zero-order valence-electron chi connectivity index (χ0n) is 9.51. The Hall–Kier alpha value is -0.990. The number of hydrogen-bond acceptors (Lipinski definition) is 2. The second-order valence-electron chi connectivity index (χ2n) is 5.53. The van der Waals surface area contributed by atoms with Crippen molar-refractivity contribution in [1.29, 1.82) is 0 Å². The van der Waals surface area contributed by atoms with E-state index in [0.717, 1.165) is 0 Å². The predicted molar refractivity (Wildman–Crippen MR) is 61.1 cm³/mol. The van der Waals surface area contributed by atoms with Gasteiger partial charge < -0.3 is 10.2 Å². The lowest BCUT2D eigenvalue weighted by molar-refractivity contribution is -0.131. The minimum absolute atomic E-state index is 0.475. The third-order valence-corrected chi connectivity index (χ3v) is 4.22. The highest BCUT2D eigenvalue weighted by Crippen LogP contribution is 2.53. The maximum Gasteiger partial charge on any atom is 0.331 e. The van der Waals surface area contributed by atoms with Gasteiger partial charge in [-0.2, -0.15) is 0 Å². The molecule has 0 unspecified atom stereocenters. The average molecular weight is 224 g/mol. The van der Waals surface area contributed by atoms with Crippen LogP contribution < -0.4 is 0 Å². The lowest BCUT2D eigenvalue weighted by Gasteiger charge is -2.49. The Morgan fingerprint density at radius 2 is 1.19 bits per heavy atom. The predicted octanol–water partition coefficient (Wildman–Crippen LogP) is 2.98. The molecule has 4 rings (SSSR count). The summed E-state index contributed by atoms with van der Waals surface area (Å²) in [4.78, 5) is 9.35. The summed E-state index contributed by atoms with van der Waals surface area (Å²) < 4.78 is 0. The molecule has 0 saturated heterocycles. The van der Waals surface area contributed by atoms with Crippen molar-refractivity contribution in [3.8, 4) is 0 Å². The van der Waals surface area contributed by atoms with Crippen LogP contribution in [-0.2, 0) is 4.79 Å². The van der Waals surface area contributed by atoms with Crippen LogP contribution in [0.5, 0.6) is 0 Å². The van der Waals surface area contributed by atoms with Gasteiger partial charge in [-0.25, -0.2) is 4.79 Å². The van der Waals surface area contributed by atoms with E-state index in [1.54, 1.807) is 38.5 Å². The molecular formula is C13H20O3. The maximum atomic E-state index is 9.35. The Balaban J connectivity index is 0.000000142. The lowest BCUT2D eigenvalue weighted by Crippen LogP contribution is -2.38. The molecule has 0 aromatic carbocycles. The van der Waals surface area contributed by atoms with Gasteiger partial charge in [-0.1, -0.05) is 0 Å². The van der Waals surface area contributed by atoms with Gasteiger partial charge in [-0.15, -0.1) is 0 Å². The molecule has 4 aliphatic carbocycles. The van der Waals surface area contributed by atoms with E-state index in [-0.39, 0.29) is 0 Å². The molecule has 0 atom stereocenters. The summed E-state index contributed by atoms with van der Waals surface area (Å²) >= 11 is 0. The zero-order valence-corrected chi connectivity index (χ0v) is 9.51. The van der Waals surface area contributed by atoms with Crippen molar-refractivity contribution in [1.82, 2.24) is 0 Å². The molecule has 0 amide bonds. The molecule has 4 bridgehead atoms. The van der Waals surface area contributed by atoms with Gasteiger partial charge in [0.15, 0.2) is 0 Å². The van der Waals surface area contributed by atoms with E-state index in [4.69, 9.17) is 10.2 Å². The average Bonchev–Trinajstić information content (AvgIpc) is 2.15. The van der Waals surface area contributed by atoms with Gasteiger partial charge in [0.1, 0.15) is 0 Å². The van der Waals surface area contributed by atoms with Gasteiger partial charge in [-0.3, -0.25) is 0 Å². The highest BCUT2D eigenvalue weighted by Gasteiger charge is 2.41. The van der Waals surface area contributed by atoms with Gasteiger partial charge >= 0.3 is 5.97 Å². The molecule has 3 heteroatoms. The summed E-state index contributed by atoms with van der Waals surface area (Å²) in [6.07, 6.45) is 10.7.